The van der Waals surface area contributed by atoms with E-state index in [1.165, 1.54) is 12.8 Å². The van der Waals surface area contributed by atoms with Crippen molar-refractivity contribution in [3.8, 4) is 0 Å². The smallest absolute Gasteiger partial charge is 0.222 e. The van der Waals surface area contributed by atoms with Crippen molar-refractivity contribution in [1.82, 2.24) is 4.90 Å². The van der Waals surface area contributed by atoms with E-state index >= 15 is 0 Å². The van der Waals surface area contributed by atoms with Crippen LogP contribution >= 0.6 is 0 Å². The van der Waals surface area contributed by atoms with Crippen LogP contribution in [0.3, 0.4) is 0 Å². The number of amidine groups is 1. The third-order valence-corrected chi connectivity index (χ3v) is 2.95. The van der Waals surface area contributed by atoms with Gasteiger partial charge in [0.2, 0.25) is 5.91 Å². The van der Waals surface area contributed by atoms with Gasteiger partial charge < -0.3 is 15.8 Å². The van der Waals surface area contributed by atoms with Gasteiger partial charge in [0.25, 0.3) is 0 Å². The van der Waals surface area contributed by atoms with Crippen molar-refractivity contribution in [2.45, 2.75) is 59.3 Å². The molecule has 0 saturated heterocycles. The molecular formula is C14H29N3O2. The minimum absolute atomic E-state index is 0.174. The van der Waals surface area contributed by atoms with E-state index in [9.17, 15) is 4.79 Å². The number of amides is 1. The molecule has 0 radical (unpaired) electrons. The van der Waals surface area contributed by atoms with Gasteiger partial charge in [0, 0.05) is 25.9 Å². The van der Waals surface area contributed by atoms with Crippen LogP contribution in [0.2, 0.25) is 0 Å². The van der Waals surface area contributed by atoms with Crippen LogP contribution in [0.25, 0.3) is 0 Å². The summed E-state index contributed by atoms with van der Waals surface area (Å²) in [6, 6.07) is 0. The van der Waals surface area contributed by atoms with Gasteiger partial charge in [-0.05, 0) is 12.3 Å². The highest BCUT2D eigenvalue weighted by Crippen LogP contribution is 2.08. The molecule has 0 rings (SSSR count). The molecule has 0 aliphatic carbocycles. The molecule has 0 atom stereocenters. The fourth-order valence-corrected chi connectivity index (χ4v) is 1.92. The molecule has 0 spiro atoms. The lowest BCUT2D eigenvalue weighted by molar-refractivity contribution is -0.131. The summed E-state index contributed by atoms with van der Waals surface area (Å²) in [5.74, 6) is 0.773. The van der Waals surface area contributed by atoms with E-state index in [1.807, 2.05) is 4.90 Å². The van der Waals surface area contributed by atoms with Crippen LogP contribution in [0.1, 0.15) is 59.3 Å². The number of rotatable bonds is 10. The maximum Gasteiger partial charge on any atom is 0.222 e. The molecule has 0 fully saturated rings. The van der Waals surface area contributed by atoms with Gasteiger partial charge in [-0.25, -0.2) is 0 Å². The molecule has 0 aliphatic heterocycles. The first-order valence-electron chi connectivity index (χ1n) is 7.25. The first-order chi connectivity index (χ1) is 9.01. The summed E-state index contributed by atoms with van der Waals surface area (Å²) in [7, 11) is 0. The maximum absolute atomic E-state index is 12.1. The molecule has 0 aliphatic rings. The van der Waals surface area contributed by atoms with E-state index in [-0.39, 0.29) is 11.7 Å². The van der Waals surface area contributed by atoms with E-state index in [0.29, 0.717) is 25.3 Å². The van der Waals surface area contributed by atoms with Crippen LogP contribution in [-0.4, -0.2) is 34.9 Å². The fraction of sp³-hybridized carbons (Fsp3) is 0.857. The van der Waals surface area contributed by atoms with Crippen LogP contribution in [0.5, 0.6) is 0 Å². The van der Waals surface area contributed by atoms with Gasteiger partial charge in [-0.1, -0.05) is 45.2 Å². The molecule has 0 aromatic rings. The average molecular weight is 271 g/mol. The summed E-state index contributed by atoms with van der Waals surface area (Å²) in [4.78, 5) is 14.0. The zero-order valence-electron chi connectivity index (χ0n) is 12.6. The topological polar surface area (TPSA) is 78.9 Å². The summed E-state index contributed by atoms with van der Waals surface area (Å²) in [5, 5.41) is 11.5. The number of hydrogen-bond acceptors (Lipinski definition) is 3. The summed E-state index contributed by atoms with van der Waals surface area (Å²) >= 11 is 0. The van der Waals surface area contributed by atoms with Crippen molar-refractivity contribution in [3.63, 3.8) is 0 Å². The van der Waals surface area contributed by atoms with E-state index < -0.39 is 0 Å². The average Bonchev–Trinajstić information content (AvgIpc) is 2.38. The molecule has 0 bridgehead atoms. The fourth-order valence-electron chi connectivity index (χ4n) is 1.92. The summed E-state index contributed by atoms with van der Waals surface area (Å²) in [5.41, 5.74) is 5.45. The lowest BCUT2D eigenvalue weighted by Crippen LogP contribution is -2.36. The number of nitrogens with two attached hydrogens (primary N) is 1. The quantitative estimate of drug-likeness (QED) is 0.211. The van der Waals surface area contributed by atoms with E-state index in [4.69, 9.17) is 10.9 Å². The van der Waals surface area contributed by atoms with Crippen molar-refractivity contribution in [1.29, 1.82) is 0 Å². The Bertz CT molecular complexity index is 278. The van der Waals surface area contributed by atoms with Gasteiger partial charge in [-0.3, -0.25) is 4.79 Å². The molecule has 0 aromatic heterocycles. The van der Waals surface area contributed by atoms with Gasteiger partial charge in [-0.2, -0.15) is 0 Å². The van der Waals surface area contributed by atoms with Crippen LogP contribution in [-0.2, 0) is 4.79 Å². The summed E-state index contributed by atoms with van der Waals surface area (Å²) in [6.07, 6.45) is 5.44. The van der Waals surface area contributed by atoms with Gasteiger partial charge in [0.15, 0.2) is 0 Å². The van der Waals surface area contributed by atoms with Gasteiger partial charge >= 0.3 is 0 Å². The van der Waals surface area contributed by atoms with Gasteiger partial charge in [0.05, 0.1) is 0 Å². The zero-order valence-corrected chi connectivity index (χ0v) is 12.6. The Morgan fingerprint density at radius 3 is 2.47 bits per heavy atom. The molecule has 5 nitrogen and oxygen atoms in total. The standard InChI is InChI=1S/C14H29N3O2/c1-4-5-6-7-8-14(18)17(11-12(2)3)10-9-13(15)16-19/h12,19H,4-11H2,1-3H3,(H2,15,16). The molecule has 0 saturated carbocycles. The second kappa shape index (κ2) is 10.6. The Morgan fingerprint density at radius 1 is 1.26 bits per heavy atom. The molecule has 112 valence electrons. The third-order valence-electron chi connectivity index (χ3n) is 2.95. The van der Waals surface area contributed by atoms with Crippen molar-refractivity contribution in [2.24, 2.45) is 16.8 Å². The minimum Gasteiger partial charge on any atom is -0.409 e. The van der Waals surface area contributed by atoms with Crippen LogP contribution in [0.4, 0.5) is 0 Å². The maximum atomic E-state index is 12.1. The van der Waals surface area contributed by atoms with Crippen molar-refractivity contribution >= 4 is 11.7 Å². The molecule has 19 heavy (non-hydrogen) atoms. The van der Waals surface area contributed by atoms with E-state index in [2.05, 4.69) is 25.9 Å². The number of carbonyl (C=O) groups is 1. The molecule has 0 unspecified atom stereocenters. The van der Waals surface area contributed by atoms with E-state index in [1.54, 1.807) is 0 Å². The minimum atomic E-state index is 0.174. The van der Waals surface area contributed by atoms with Crippen LogP contribution in [0.15, 0.2) is 5.16 Å². The van der Waals surface area contributed by atoms with Gasteiger partial charge in [0.1, 0.15) is 5.84 Å². The number of oxime groups is 1. The first-order valence-corrected chi connectivity index (χ1v) is 7.25. The molecule has 0 heterocycles. The Morgan fingerprint density at radius 2 is 1.95 bits per heavy atom. The molecule has 0 aromatic carbocycles. The normalized spacial score (nSPS) is 11.9. The largest absolute Gasteiger partial charge is 0.409 e. The monoisotopic (exact) mass is 271 g/mol. The highest BCUT2D eigenvalue weighted by molar-refractivity contribution is 5.81. The molecule has 1 amide bonds. The second-order valence-electron chi connectivity index (χ2n) is 5.39. The van der Waals surface area contributed by atoms with E-state index in [0.717, 1.165) is 19.4 Å². The molecular weight excluding hydrogens is 242 g/mol. The third kappa shape index (κ3) is 9.33. The van der Waals surface area contributed by atoms with Gasteiger partial charge in [-0.15, -0.1) is 0 Å². The van der Waals surface area contributed by atoms with Crippen LogP contribution < -0.4 is 5.73 Å². The Hall–Kier alpha value is -1.26. The number of nitrogens with zero attached hydrogens (tertiary/aromatic N) is 2. The predicted octanol–water partition coefficient (Wildman–Crippen LogP) is 2.58. The lowest BCUT2D eigenvalue weighted by atomic mass is 10.1. The second-order valence-corrected chi connectivity index (χ2v) is 5.39. The zero-order chi connectivity index (χ0) is 14.7. The SMILES string of the molecule is CCCCCCC(=O)N(CCC(N)=NO)CC(C)C. The van der Waals surface area contributed by atoms with Crippen LogP contribution in [0, 0.1) is 5.92 Å². The Balaban J connectivity index is 4.19. The Labute approximate surface area is 116 Å². The number of carbonyl (C=O) groups excluding carboxylic acids is 1. The Kier molecular flexibility index (Phi) is 9.94. The summed E-state index contributed by atoms with van der Waals surface area (Å²) in [6.45, 7) is 7.58. The van der Waals surface area contributed by atoms with Crippen molar-refractivity contribution in [3.05, 3.63) is 0 Å². The lowest BCUT2D eigenvalue weighted by Gasteiger charge is -2.24. The number of unbranched alkanes of at least 4 members (excludes halogenated alkanes) is 3. The molecule has 5 heteroatoms. The predicted molar refractivity (Wildman–Crippen MR) is 78.2 cm³/mol. The summed E-state index contributed by atoms with van der Waals surface area (Å²) < 4.78 is 0. The van der Waals surface area contributed by atoms with Crippen molar-refractivity contribution < 1.29 is 10.0 Å². The highest BCUT2D eigenvalue weighted by atomic mass is 16.4. The first kappa shape index (κ1) is 17.7. The highest BCUT2D eigenvalue weighted by Gasteiger charge is 2.14. The number of hydrogen-bond donors (Lipinski definition) is 2. The van der Waals surface area contributed by atoms with Crippen molar-refractivity contribution in [2.75, 3.05) is 13.1 Å². The molecule has 3 N–H and O–H groups in total.